The average Bonchev–Trinajstić information content (AvgIpc) is 3.79. The van der Waals surface area contributed by atoms with E-state index >= 15 is 0 Å². The van der Waals surface area contributed by atoms with Crippen molar-refractivity contribution in [2.24, 2.45) is 28.6 Å². The van der Waals surface area contributed by atoms with Crippen molar-refractivity contribution < 1.29 is 39.6 Å². The Kier molecular flexibility index (Phi) is 18.7. The van der Waals surface area contributed by atoms with Crippen molar-refractivity contribution in [1.29, 1.82) is 0 Å². The molecule has 2 aliphatic carbocycles. The first kappa shape index (κ1) is 57.1. The van der Waals surface area contributed by atoms with Crippen LogP contribution in [0.1, 0.15) is 133 Å². The Morgan fingerprint density at radius 1 is 0.486 bits per heavy atom. The highest BCUT2D eigenvalue weighted by Gasteiger charge is 2.56. The smallest absolute Gasteiger partial charge is 0.253 e. The Labute approximate surface area is 431 Å². The van der Waals surface area contributed by atoms with E-state index in [1.165, 1.54) is 83.0 Å². The summed E-state index contributed by atoms with van der Waals surface area (Å²) in [7, 11) is -4.94. The minimum atomic E-state index is -3.21. The third-order valence-corrected chi connectivity index (χ3v) is 20.3. The molecule has 0 aromatic heterocycles. The molecule has 0 radical (unpaired) electrons. The Morgan fingerprint density at radius 3 is 1.15 bits per heavy atom. The van der Waals surface area contributed by atoms with E-state index in [0.29, 0.717) is 54.1 Å². The van der Waals surface area contributed by atoms with Crippen LogP contribution < -0.4 is 0 Å². The first-order valence-electron chi connectivity index (χ1n) is 25.5. The molecule has 4 saturated heterocycles. The first-order chi connectivity index (χ1) is 33.6. The fraction of sp³-hybridized carbons (Fsp3) is 0.611. The van der Waals surface area contributed by atoms with E-state index in [-0.39, 0.29) is 28.6 Å². The van der Waals surface area contributed by atoms with Gasteiger partial charge in [0.1, 0.15) is 0 Å². The fourth-order valence-electron chi connectivity index (χ4n) is 10.8. The predicted octanol–water partition coefficient (Wildman–Crippen LogP) is 7.41. The molecule has 4 bridgehead atoms. The molecule has 3 aromatic rings. The molecule has 0 N–H and O–H groups in total. The number of likely N-dealkylation sites (tertiary alicyclic amines) is 2. The quantitative estimate of drug-likeness (QED) is 0.179. The zero-order valence-corrected chi connectivity index (χ0v) is 46.6. The molecule has 398 valence electrons. The lowest BCUT2D eigenvalue weighted by atomic mass is 9.63. The Balaban J connectivity index is 0.000000177. The first-order valence-corrected chi connectivity index (χ1v) is 31.1. The van der Waals surface area contributed by atoms with Gasteiger partial charge in [-0.1, -0.05) is 70.0 Å². The van der Waals surface area contributed by atoms with Crippen LogP contribution in [0.4, 0.5) is 0 Å². The van der Waals surface area contributed by atoms with Crippen LogP contribution in [0.3, 0.4) is 0 Å². The Hall–Kier alpha value is -4.20. The minimum absolute atomic E-state index is 0.0740. The van der Waals surface area contributed by atoms with Crippen molar-refractivity contribution in [1.82, 2.24) is 27.6 Å². The number of carbonyl (C=O) groups excluding carboxylic acids is 3. The maximum absolute atomic E-state index is 13.0. The van der Waals surface area contributed by atoms with Gasteiger partial charge in [0.25, 0.3) is 17.7 Å². The molecule has 6 aliphatic rings. The zero-order valence-electron chi connectivity index (χ0n) is 44.2. The van der Waals surface area contributed by atoms with Gasteiger partial charge < -0.3 is 14.7 Å². The predicted molar refractivity (Wildman–Crippen MR) is 284 cm³/mol. The summed E-state index contributed by atoms with van der Waals surface area (Å²) in [5.74, 6) is 2.15. The molecular formula is C54H80N6O9S3. The van der Waals surface area contributed by atoms with E-state index in [1.807, 2.05) is 75.4 Å². The highest BCUT2D eigenvalue weighted by molar-refractivity contribution is 7.88. The van der Waals surface area contributed by atoms with Gasteiger partial charge >= 0.3 is 0 Å². The fourth-order valence-corrected chi connectivity index (χ4v) is 12.0. The van der Waals surface area contributed by atoms with E-state index in [9.17, 15) is 39.6 Å². The summed E-state index contributed by atoms with van der Waals surface area (Å²) in [6.45, 7) is 13.0. The summed E-state index contributed by atoms with van der Waals surface area (Å²) in [5, 5.41) is 0. The normalized spacial score (nSPS) is 23.2. The van der Waals surface area contributed by atoms with Crippen LogP contribution in [0.15, 0.2) is 72.8 Å². The van der Waals surface area contributed by atoms with Crippen LogP contribution in [-0.4, -0.2) is 150 Å². The lowest BCUT2D eigenvalue weighted by Gasteiger charge is -2.50. The van der Waals surface area contributed by atoms with Gasteiger partial charge in [-0.15, -0.1) is 0 Å². The monoisotopic (exact) mass is 1050 g/mol. The lowest BCUT2D eigenvalue weighted by Crippen LogP contribution is -2.53. The van der Waals surface area contributed by atoms with Crippen molar-refractivity contribution in [3.63, 3.8) is 0 Å². The lowest BCUT2D eigenvalue weighted by molar-refractivity contribution is -0.0107. The molecule has 0 spiro atoms. The SMILES string of the molecule is CN(Cc1ccc(C(=O)N2CC3CCC(C)(C2)C3(C)C)cc1)S(C)(=O)=O.CN(Cc1ccc(C(=O)N2CC3CCC(CC3)C2)cc1)S(C)(=O)=O.CN(Cc1ccc(C(=O)N2CCCCCC2)cc1)S(C)(=O)=O. The Bertz CT molecular complexity index is 2670. The van der Waals surface area contributed by atoms with Gasteiger partial charge in [0.05, 0.1) is 18.8 Å². The van der Waals surface area contributed by atoms with Gasteiger partial charge in [-0.2, -0.15) is 0 Å². The number of nitrogens with zero attached hydrogens (tertiary/aromatic N) is 6. The van der Waals surface area contributed by atoms with Crippen LogP contribution in [0, 0.1) is 28.6 Å². The second-order valence-corrected chi connectivity index (χ2v) is 28.4. The largest absolute Gasteiger partial charge is 0.339 e. The van der Waals surface area contributed by atoms with E-state index in [1.54, 1.807) is 33.3 Å². The summed E-state index contributed by atoms with van der Waals surface area (Å²) < 4.78 is 72.8. The molecule has 6 fully saturated rings. The van der Waals surface area contributed by atoms with Crippen molar-refractivity contribution in [3.05, 3.63) is 106 Å². The molecule has 2 unspecified atom stereocenters. The zero-order chi connectivity index (χ0) is 52.8. The van der Waals surface area contributed by atoms with Crippen LogP contribution in [0.25, 0.3) is 0 Å². The summed E-state index contributed by atoms with van der Waals surface area (Å²) in [6, 6.07) is 21.9. The highest BCUT2D eigenvalue weighted by Crippen LogP contribution is 2.59. The van der Waals surface area contributed by atoms with Crippen molar-refractivity contribution in [2.45, 2.75) is 105 Å². The van der Waals surface area contributed by atoms with Crippen LogP contribution in [-0.2, 0) is 49.7 Å². The molecule has 9 rings (SSSR count). The highest BCUT2D eigenvalue weighted by atomic mass is 32.2. The number of piperidine rings is 1. The van der Waals surface area contributed by atoms with Crippen molar-refractivity contribution in [2.75, 3.05) is 79.2 Å². The maximum atomic E-state index is 13.0. The number of benzene rings is 3. The van der Waals surface area contributed by atoms with E-state index < -0.39 is 30.1 Å². The number of carbonyl (C=O) groups is 3. The van der Waals surface area contributed by atoms with Crippen LogP contribution in [0.5, 0.6) is 0 Å². The molecule has 4 aliphatic heterocycles. The van der Waals surface area contributed by atoms with Gasteiger partial charge in [0.2, 0.25) is 30.1 Å². The number of hydrogen-bond acceptors (Lipinski definition) is 9. The summed E-state index contributed by atoms with van der Waals surface area (Å²) in [6.07, 6.45) is 15.5. The minimum Gasteiger partial charge on any atom is -0.339 e. The second kappa shape index (κ2) is 23.6. The number of fused-ring (bicyclic) bond motifs is 6. The molecule has 4 heterocycles. The topological polar surface area (TPSA) is 173 Å². The standard InChI is InChI=1S/C20H30N2O3S.C18H26N2O3S.C16H24N2O3S/c1-19(2)17-10-11-20(19,3)14-22(13-17)18(23)16-8-6-15(7-9-16)12-21(4)26(5,24)25;1-19(24(2,22)23)11-14-7-9-17(10-8-14)18(21)20-12-15-3-4-16(13-20)6-5-15;1-17(22(2,20)21)13-14-7-9-15(10-8-14)16(19)18-11-5-3-4-6-12-18/h6-9,17H,10-14H2,1-5H3;7-10,15-16H,3-6,11-13H2,1-2H3;7-10H,3-6,11-13H2,1-2H3. The van der Waals surface area contributed by atoms with Crippen molar-refractivity contribution >= 4 is 47.8 Å². The number of rotatable bonds is 12. The molecular weight excluding hydrogens is 973 g/mol. The summed E-state index contributed by atoms with van der Waals surface area (Å²) in [5.41, 5.74) is 5.15. The van der Waals surface area contributed by atoms with Gasteiger partial charge in [0, 0.05) is 96.7 Å². The average molecular weight is 1050 g/mol. The van der Waals surface area contributed by atoms with Crippen LogP contribution in [0.2, 0.25) is 0 Å². The number of hydrogen-bond donors (Lipinski definition) is 0. The van der Waals surface area contributed by atoms with Gasteiger partial charge in [-0.25, -0.2) is 38.2 Å². The van der Waals surface area contributed by atoms with Gasteiger partial charge in [-0.05, 0) is 133 Å². The summed E-state index contributed by atoms with van der Waals surface area (Å²) in [4.78, 5) is 44.2. The van der Waals surface area contributed by atoms with Gasteiger partial charge in [-0.3, -0.25) is 14.4 Å². The Morgan fingerprint density at radius 2 is 0.819 bits per heavy atom. The van der Waals surface area contributed by atoms with Gasteiger partial charge in [0.15, 0.2) is 0 Å². The maximum Gasteiger partial charge on any atom is 0.253 e. The number of sulfonamides is 3. The van der Waals surface area contributed by atoms with Crippen LogP contribution >= 0.6 is 0 Å². The molecule has 2 atom stereocenters. The third-order valence-electron chi connectivity index (χ3n) is 16.5. The molecule has 15 nitrogen and oxygen atoms in total. The molecule has 2 saturated carbocycles. The van der Waals surface area contributed by atoms with E-state index in [2.05, 4.69) is 20.8 Å². The van der Waals surface area contributed by atoms with E-state index in [4.69, 9.17) is 0 Å². The second-order valence-electron chi connectivity index (χ2n) is 22.2. The third kappa shape index (κ3) is 14.8. The molecule has 72 heavy (non-hydrogen) atoms. The van der Waals surface area contributed by atoms with Crippen molar-refractivity contribution in [3.8, 4) is 0 Å². The van der Waals surface area contributed by atoms with E-state index in [0.717, 1.165) is 68.8 Å². The number of amides is 3. The molecule has 3 aromatic carbocycles. The molecule has 18 heteroatoms. The molecule has 3 amide bonds. The summed E-state index contributed by atoms with van der Waals surface area (Å²) >= 11 is 0.